The summed E-state index contributed by atoms with van der Waals surface area (Å²) in [5, 5.41) is 8.76. The van der Waals surface area contributed by atoms with E-state index in [4.69, 9.17) is 9.84 Å². The molecular weight excluding hydrogens is 239 g/mol. The van der Waals surface area contributed by atoms with E-state index in [2.05, 4.69) is 9.97 Å². The summed E-state index contributed by atoms with van der Waals surface area (Å²) in [7, 11) is 0. The van der Waals surface area contributed by atoms with Crippen molar-refractivity contribution in [3.05, 3.63) is 47.7 Å². The molecule has 0 aliphatic carbocycles. The molecule has 2 rings (SSSR count). The van der Waals surface area contributed by atoms with Crippen LogP contribution < -0.4 is 4.74 Å². The molecule has 0 saturated heterocycles. The van der Waals surface area contributed by atoms with Gasteiger partial charge in [-0.1, -0.05) is 0 Å². The van der Waals surface area contributed by atoms with Gasteiger partial charge >= 0.3 is 5.97 Å². The minimum atomic E-state index is -1.37. The average molecular weight is 248 g/mol. The fourth-order valence-corrected chi connectivity index (χ4v) is 1.29. The van der Waals surface area contributed by atoms with E-state index in [0.29, 0.717) is 0 Å². The number of carbonyl (C=O) groups is 1. The first-order valence-corrected chi connectivity index (χ1v) is 5.06. The van der Waals surface area contributed by atoms with E-state index in [1.807, 2.05) is 0 Å². The Bertz CT molecular complexity index is 584. The Balaban J connectivity index is 2.32. The highest BCUT2D eigenvalue weighted by Gasteiger charge is 2.16. The molecule has 6 heteroatoms. The van der Waals surface area contributed by atoms with Gasteiger partial charge in [-0.15, -0.1) is 0 Å². The zero-order valence-electron chi connectivity index (χ0n) is 9.42. The van der Waals surface area contributed by atoms with E-state index in [1.165, 1.54) is 12.4 Å². The number of hydrogen-bond donors (Lipinski definition) is 1. The molecule has 0 fully saturated rings. The molecule has 0 aliphatic heterocycles. The topological polar surface area (TPSA) is 72.3 Å². The summed E-state index contributed by atoms with van der Waals surface area (Å²) in [6, 6.07) is 4.35. The minimum Gasteiger partial charge on any atom is -0.478 e. The van der Waals surface area contributed by atoms with Crippen LogP contribution in [0.1, 0.15) is 16.1 Å². The number of aromatic nitrogens is 2. The van der Waals surface area contributed by atoms with Gasteiger partial charge in [-0.2, -0.15) is 0 Å². The van der Waals surface area contributed by atoms with Crippen LogP contribution in [0.25, 0.3) is 0 Å². The van der Waals surface area contributed by atoms with Gasteiger partial charge in [0.05, 0.1) is 6.20 Å². The molecule has 0 unspecified atom stereocenters. The van der Waals surface area contributed by atoms with Crippen LogP contribution in [0.2, 0.25) is 0 Å². The molecule has 0 amide bonds. The lowest BCUT2D eigenvalue weighted by Crippen LogP contribution is -2.03. The summed E-state index contributed by atoms with van der Waals surface area (Å²) in [4.78, 5) is 18.4. The van der Waals surface area contributed by atoms with Crippen molar-refractivity contribution in [2.75, 3.05) is 0 Å². The summed E-state index contributed by atoms with van der Waals surface area (Å²) in [6.45, 7) is 1.80. The Hall–Kier alpha value is -2.50. The Kier molecular flexibility index (Phi) is 3.18. The third kappa shape index (κ3) is 2.42. The molecule has 0 aliphatic rings. The number of pyridine rings is 2. The molecule has 2 aromatic rings. The zero-order valence-corrected chi connectivity index (χ0v) is 9.42. The fourth-order valence-electron chi connectivity index (χ4n) is 1.29. The third-order valence-electron chi connectivity index (χ3n) is 2.19. The fraction of sp³-hybridized carbons (Fsp3) is 0.0833. The quantitative estimate of drug-likeness (QED) is 0.902. The van der Waals surface area contributed by atoms with Crippen LogP contribution in [-0.2, 0) is 0 Å². The molecule has 0 aromatic carbocycles. The molecule has 2 aromatic heterocycles. The first-order valence-electron chi connectivity index (χ1n) is 5.06. The summed E-state index contributed by atoms with van der Waals surface area (Å²) >= 11 is 0. The standard InChI is InChI=1S/C12H9FN2O3/c1-7-2-3-8(6-15-7)18-11-10(13)9(12(16)17)4-5-14-11/h2-6H,1H3,(H,16,17). The van der Waals surface area contributed by atoms with Gasteiger partial charge in [-0.25, -0.2) is 14.2 Å². The predicted molar refractivity (Wildman–Crippen MR) is 60.2 cm³/mol. The van der Waals surface area contributed by atoms with Crippen molar-refractivity contribution >= 4 is 5.97 Å². The van der Waals surface area contributed by atoms with Crippen molar-refractivity contribution in [1.29, 1.82) is 0 Å². The predicted octanol–water partition coefficient (Wildman–Crippen LogP) is 2.41. The number of hydrogen-bond acceptors (Lipinski definition) is 4. The second kappa shape index (κ2) is 4.79. The monoisotopic (exact) mass is 248 g/mol. The number of aryl methyl sites for hydroxylation is 1. The Morgan fingerprint density at radius 1 is 1.33 bits per heavy atom. The lowest BCUT2D eigenvalue weighted by Gasteiger charge is -2.06. The lowest BCUT2D eigenvalue weighted by atomic mass is 10.2. The number of aromatic carboxylic acids is 1. The van der Waals surface area contributed by atoms with E-state index in [9.17, 15) is 9.18 Å². The van der Waals surface area contributed by atoms with Crippen molar-refractivity contribution < 1.29 is 19.0 Å². The van der Waals surface area contributed by atoms with Gasteiger partial charge < -0.3 is 9.84 Å². The van der Waals surface area contributed by atoms with Gasteiger partial charge in [0.15, 0.2) is 5.82 Å². The first-order chi connectivity index (χ1) is 8.58. The Morgan fingerprint density at radius 2 is 2.11 bits per heavy atom. The van der Waals surface area contributed by atoms with Gasteiger partial charge in [-0.05, 0) is 25.1 Å². The number of rotatable bonds is 3. The molecule has 0 radical (unpaired) electrons. The molecule has 0 saturated carbocycles. The summed E-state index contributed by atoms with van der Waals surface area (Å²) in [6.07, 6.45) is 2.58. The SMILES string of the molecule is Cc1ccc(Oc2nccc(C(=O)O)c2F)cn1. The molecule has 0 atom stereocenters. The highest BCUT2D eigenvalue weighted by atomic mass is 19.1. The maximum atomic E-state index is 13.7. The molecular formula is C12H9FN2O3. The molecule has 2 heterocycles. The van der Waals surface area contributed by atoms with Gasteiger partial charge in [0.1, 0.15) is 11.3 Å². The minimum absolute atomic E-state index is 0.287. The lowest BCUT2D eigenvalue weighted by molar-refractivity contribution is 0.0690. The first kappa shape index (κ1) is 12.0. The number of halogens is 1. The van der Waals surface area contributed by atoms with Crippen molar-refractivity contribution in [1.82, 2.24) is 9.97 Å². The number of nitrogens with zero attached hydrogens (tertiary/aromatic N) is 2. The van der Waals surface area contributed by atoms with Crippen molar-refractivity contribution in [2.45, 2.75) is 6.92 Å². The normalized spacial score (nSPS) is 10.1. The molecule has 5 nitrogen and oxygen atoms in total. The summed E-state index contributed by atoms with van der Waals surface area (Å²) in [5.74, 6) is -2.48. The molecule has 0 spiro atoms. The Morgan fingerprint density at radius 3 is 2.72 bits per heavy atom. The zero-order chi connectivity index (χ0) is 13.1. The van der Waals surface area contributed by atoms with Gasteiger partial charge in [0, 0.05) is 11.9 Å². The average Bonchev–Trinajstić information content (AvgIpc) is 2.34. The molecule has 18 heavy (non-hydrogen) atoms. The second-order valence-corrected chi connectivity index (χ2v) is 3.52. The summed E-state index contributed by atoms with van der Waals surface area (Å²) < 4.78 is 18.8. The molecule has 92 valence electrons. The highest BCUT2D eigenvalue weighted by molar-refractivity contribution is 5.88. The maximum Gasteiger partial charge on any atom is 0.338 e. The second-order valence-electron chi connectivity index (χ2n) is 3.52. The van der Waals surface area contributed by atoms with Gasteiger partial charge in [-0.3, -0.25) is 4.98 Å². The van der Waals surface area contributed by atoms with Crippen LogP contribution in [-0.4, -0.2) is 21.0 Å². The van der Waals surface area contributed by atoms with Crippen molar-refractivity contribution in [3.8, 4) is 11.6 Å². The van der Waals surface area contributed by atoms with Crippen molar-refractivity contribution in [2.24, 2.45) is 0 Å². The van der Waals surface area contributed by atoms with Crippen LogP contribution >= 0.6 is 0 Å². The van der Waals surface area contributed by atoms with E-state index in [1.54, 1.807) is 19.1 Å². The van der Waals surface area contributed by atoms with Crippen LogP contribution in [0.3, 0.4) is 0 Å². The summed E-state index contributed by atoms with van der Waals surface area (Å²) in [5.41, 5.74) is 0.301. The molecule has 1 N–H and O–H groups in total. The van der Waals surface area contributed by atoms with Crippen LogP contribution in [0.5, 0.6) is 11.6 Å². The third-order valence-corrected chi connectivity index (χ3v) is 2.19. The van der Waals surface area contributed by atoms with Gasteiger partial charge in [0.25, 0.3) is 5.88 Å². The van der Waals surface area contributed by atoms with Crippen LogP contribution in [0, 0.1) is 12.7 Å². The van der Waals surface area contributed by atoms with E-state index >= 15 is 0 Å². The van der Waals surface area contributed by atoms with E-state index in [-0.39, 0.29) is 11.6 Å². The van der Waals surface area contributed by atoms with Gasteiger partial charge in [0.2, 0.25) is 0 Å². The molecule has 0 bridgehead atoms. The largest absolute Gasteiger partial charge is 0.478 e. The van der Waals surface area contributed by atoms with E-state index < -0.39 is 17.3 Å². The maximum absolute atomic E-state index is 13.7. The van der Waals surface area contributed by atoms with Crippen molar-refractivity contribution in [3.63, 3.8) is 0 Å². The van der Waals surface area contributed by atoms with Crippen LogP contribution in [0.15, 0.2) is 30.6 Å². The number of carboxylic acids is 1. The smallest absolute Gasteiger partial charge is 0.338 e. The highest BCUT2D eigenvalue weighted by Crippen LogP contribution is 2.23. The van der Waals surface area contributed by atoms with Crippen LogP contribution in [0.4, 0.5) is 4.39 Å². The Labute approximate surface area is 102 Å². The van der Waals surface area contributed by atoms with E-state index in [0.717, 1.165) is 11.8 Å². The number of carboxylic acid groups (broad SMARTS) is 1. The number of ether oxygens (including phenoxy) is 1.